The molecule has 0 bridgehead atoms. The number of likely N-dealkylation sites (tertiary alicyclic amines) is 2. The quantitative estimate of drug-likeness (QED) is 0.777. The summed E-state index contributed by atoms with van der Waals surface area (Å²) in [5, 5.41) is 3.10. The van der Waals surface area contributed by atoms with Crippen LogP contribution in [0.2, 0.25) is 0 Å². The molecule has 6 heteroatoms. The van der Waals surface area contributed by atoms with E-state index in [4.69, 9.17) is 4.74 Å². The van der Waals surface area contributed by atoms with Crippen LogP contribution in [0.15, 0.2) is 24.5 Å². The highest BCUT2D eigenvalue weighted by molar-refractivity contribution is 5.79. The molecular formula is C22H36N4O2. The third-order valence-corrected chi connectivity index (χ3v) is 6.29. The predicted octanol–water partition coefficient (Wildman–Crippen LogP) is 2.30. The zero-order chi connectivity index (χ0) is 20.0. The van der Waals surface area contributed by atoms with Gasteiger partial charge < -0.3 is 10.1 Å². The summed E-state index contributed by atoms with van der Waals surface area (Å²) in [5.74, 6) is 0.293. The van der Waals surface area contributed by atoms with Gasteiger partial charge in [0, 0.05) is 45.2 Å². The summed E-state index contributed by atoms with van der Waals surface area (Å²) < 4.78 is 5.41. The van der Waals surface area contributed by atoms with Gasteiger partial charge in [0.2, 0.25) is 5.91 Å². The molecule has 1 aromatic heterocycles. The van der Waals surface area contributed by atoms with Crippen molar-refractivity contribution in [1.29, 1.82) is 0 Å². The predicted molar refractivity (Wildman–Crippen MR) is 111 cm³/mol. The number of piperidine rings is 2. The minimum atomic E-state index is -0.314. The Labute approximate surface area is 169 Å². The van der Waals surface area contributed by atoms with Crippen molar-refractivity contribution in [2.75, 3.05) is 39.8 Å². The second kappa shape index (κ2) is 9.81. The molecule has 0 unspecified atom stereocenters. The van der Waals surface area contributed by atoms with E-state index in [1.807, 2.05) is 26.2 Å². The van der Waals surface area contributed by atoms with Crippen molar-refractivity contribution in [2.45, 2.75) is 57.7 Å². The topological polar surface area (TPSA) is 57.7 Å². The average Bonchev–Trinajstić information content (AvgIpc) is 2.73. The molecule has 0 aromatic carbocycles. The van der Waals surface area contributed by atoms with E-state index >= 15 is 0 Å². The van der Waals surface area contributed by atoms with E-state index in [0.29, 0.717) is 12.6 Å². The molecule has 3 rings (SSSR count). The van der Waals surface area contributed by atoms with Gasteiger partial charge in [0.15, 0.2) is 0 Å². The van der Waals surface area contributed by atoms with Crippen molar-refractivity contribution < 1.29 is 9.53 Å². The number of amides is 1. The molecule has 2 aliphatic heterocycles. The summed E-state index contributed by atoms with van der Waals surface area (Å²) in [4.78, 5) is 21.8. The van der Waals surface area contributed by atoms with E-state index in [-0.39, 0.29) is 17.4 Å². The summed E-state index contributed by atoms with van der Waals surface area (Å²) >= 11 is 0. The van der Waals surface area contributed by atoms with Crippen molar-refractivity contribution in [1.82, 2.24) is 20.1 Å². The maximum Gasteiger partial charge on any atom is 0.224 e. The van der Waals surface area contributed by atoms with Crippen LogP contribution >= 0.6 is 0 Å². The molecule has 0 aliphatic carbocycles. The standard InChI is InChI=1S/C22H36N4O2/c1-22(2,28-3)17-24-21(27)19-5-4-12-26(16-19)20-8-13-25(14-9-20)15-18-6-10-23-11-7-18/h6-7,10-11,19-20H,4-5,8-9,12-17H2,1-3H3,(H,24,27)/t19-/m1/s1. The maximum atomic E-state index is 12.6. The third kappa shape index (κ3) is 6.00. The van der Waals surface area contributed by atoms with Crippen molar-refractivity contribution in [3.8, 4) is 0 Å². The Bertz CT molecular complexity index is 614. The number of carbonyl (C=O) groups is 1. The number of methoxy groups -OCH3 is 1. The molecule has 6 nitrogen and oxygen atoms in total. The van der Waals surface area contributed by atoms with Gasteiger partial charge in [-0.05, 0) is 76.9 Å². The minimum Gasteiger partial charge on any atom is -0.377 e. The van der Waals surface area contributed by atoms with Crippen molar-refractivity contribution in [2.24, 2.45) is 5.92 Å². The maximum absolute atomic E-state index is 12.6. The van der Waals surface area contributed by atoms with Crippen LogP contribution in [-0.2, 0) is 16.1 Å². The van der Waals surface area contributed by atoms with Crippen LogP contribution in [0.25, 0.3) is 0 Å². The number of ether oxygens (including phenoxy) is 1. The van der Waals surface area contributed by atoms with Crippen LogP contribution in [0.5, 0.6) is 0 Å². The molecule has 156 valence electrons. The Morgan fingerprint density at radius 2 is 1.93 bits per heavy atom. The Kier molecular flexibility index (Phi) is 7.43. The van der Waals surface area contributed by atoms with E-state index in [1.54, 1.807) is 7.11 Å². The molecule has 0 radical (unpaired) electrons. The van der Waals surface area contributed by atoms with Gasteiger partial charge >= 0.3 is 0 Å². The van der Waals surface area contributed by atoms with Gasteiger partial charge in [0.1, 0.15) is 0 Å². The van der Waals surface area contributed by atoms with Crippen LogP contribution in [0.1, 0.15) is 45.1 Å². The van der Waals surface area contributed by atoms with Gasteiger partial charge in [0.05, 0.1) is 11.5 Å². The fourth-order valence-corrected chi connectivity index (χ4v) is 4.26. The van der Waals surface area contributed by atoms with Crippen LogP contribution in [0.3, 0.4) is 0 Å². The summed E-state index contributed by atoms with van der Waals surface area (Å²) in [6, 6.07) is 4.81. The molecule has 3 heterocycles. The second-order valence-electron chi connectivity index (χ2n) is 8.88. The van der Waals surface area contributed by atoms with Gasteiger partial charge in [-0.2, -0.15) is 0 Å². The van der Waals surface area contributed by atoms with E-state index < -0.39 is 0 Å². The molecule has 1 aromatic rings. The smallest absolute Gasteiger partial charge is 0.224 e. The highest BCUT2D eigenvalue weighted by Crippen LogP contribution is 2.25. The number of hydrogen-bond acceptors (Lipinski definition) is 5. The van der Waals surface area contributed by atoms with Crippen molar-refractivity contribution in [3.63, 3.8) is 0 Å². The third-order valence-electron chi connectivity index (χ3n) is 6.29. The Morgan fingerprint density at radius 3 is 2.61 bits per heavy atom. The number of rotatable bonds is 7. The number of carbonyl (C=O) groups excluding carboxylic acids is 1. The number of nitrogens with one attached hydrogen (secondary N) is 1. The first-order chi connectivity index (χ1) is 13.5. The van der Waals surface area contributed by atoms with Gasteiger partial charge in [-0.15, -0.1) is 0 Å². The van der Waals surface area contributed by atoms with Crippen LogP contribution in [0.4, 0.5) is 0 Å². The Hall–Kier alpha value is -1.50. The summed E-state index contributed by atoms with van der Waals surface area (Å²) in [6.07, 6.45) is 8.23. The molecule has 28 heavy (non-hydrogen) atoms. The normalized spacial score (nSPS) is 22.9. The molecule has 2 aliphatic rings. The van der Waals surface area contributed by atoms with E-state index in [2.05, 4.69) is 32.2 Å². The van der Waals surface area contributed by atoms with E-state index in [1.165, 1.54) is 18.4 Å². The first-order valence-electron chi connectivity index (χ1n) is 10.6. The number of hydrogen-bond donors (Lipinski definition) is 1. The Morgan fingerprint density at radius 1 is 1.21 bits per heavy atom. The molecule has 0 spiro atoms. The number of nitrogens with zero attached hydrogens (tertiary/aromatic N) is 3. The van der Waals surface area contributed by atoms with E-state index in [0.717, 1.165) is 45.6 Å². The fourth-order valence-electron chi connectivity index (χ4n) is 4.26. The zero-order valence-electron chi connectivity index (χ0n) is 17.7. The van der Waals surface area contributed by atoms with Gasteiger partial charge in [-0.3, -0.25) is 19.6 Å². The lowest BCUT2D eigenvalue weighted by Crippen LogP contribution is -2.51. The summed E-state index contributed by atoms with van der Waals surface area (Å²) in [6.45, 7) is 9.85. The molecule has 1 N–H and O–H groups in total. The fraction of sp³-hybridized carbons (Fsp3) is 0.727. The lowest BCUT2D eigenvalue weighted by atomic mass is 9.93. The average molecular weight is 389 g/mol. The lowest BCUT2D eigenvalue weighted by molar-refractivity contribution is -0.128. The molecule has 2 fully saturated rings. The van der Waals surface area contributed by atoms with Gasteiger partial charge in [-0.1, -0.05) is 0 Å². The first-order valence-corrected chi connectivity index (χ1v) is 10.6. The van der Waals surface area contributed by atoms with Gasteiger partial charge in [-0.25, -0.2) is 0 Å². The second-order valence-corrected chi connectivity index (χ2v) is 8.88. The molecule has 1 amide bonds. The zero-order valence-corrected chi connectivity index (χ0v) is 17.7. The minimum absolute atomic E-state index is 0.108. The highest BCUT2D eigenvalue weighted by atomic mass is 16.5. The monoisotopic (exact) mass is 388 g/mol. The molecular weight excluding hydrogens is 352 g/mol. The lowest BCUT2D eigenvalue weighted by Gasteiger charge is -2.42. The molecule has 2 saturated heterocycles. The van der Waals surface area contributed by atoms with E-state index in [9.17, 15) is 4.79 Å². The van der Waals surface area contributed by atoms with Crippen molar-refractivity contribution >= 4 is 5.91 Å². The molecule has 0 saturated carbocycles. The van der Waals surface area contributed by atoms with Crippen LogP contribution < -0.4 is 5.32 Å². The molecule has 1 atom stereocenters. The van der Waals surface area contributed by atoms with Crippen LogP contribution in [0, 0.1) is 5.92 Å². The first kappa shape index (κ1) is 21.2. The van der Waals surface area contributed by atoms with Crippen molar-refractivity contribution in [3.05, 3.63) is 30.1 Å². The van der Waals surface area contributed by atoms with Gasteiger partial charge in [0.25, 0.3) is 0 Å². The number of aromatic nitrogens is 1. The Balaban J connectivity index is 1.44. The largest absolute Gasteiger partial charge is 0.377 e. The summed E-state index contributed by atoms with van der Waals surface area (Å²) in [5.41, 5.74) is 1.02. The SMILES string of the molecule is COC(C)(C)CNC(=O)[C@@H]1CCCN(C2CCN(Cc3ccncc3)CC2)C1. The highest BCUT2D eigenvalue weighted by Gasteiger charge is 2.32. The number of pyridine rings is 1. The van der Waals surface area contributed by atoms with Crippen LogP contribution in [-0.4, -0.2) is 72.2 Å². The summed E-state index contributed by atoms with van der Waals surface area (Å²) in [7, 11) is 1.69.